The van der Waals surface area contributed by atoms with E-state index in [4.69, 9.17) is 21.1 Å². The molecule has 0 unspecified atom stereocenters. The van der Waals surface area contributed by atoms with Gasteiger partial charge in [-0.1, -0.05) is 23.7 Å². The molecule has 1 saturated heterocycles. The molecule has 6 nitrogen and oxygen atoms in total. The molecule has 0 aromatic heterocycles. The van der Waals surface area contributed by atoms with Crippen LogP contribution in [0.5, 0.6) is 11.5 Å². The van der Waals surface area contributed by atoms with Gasteiger partial charge in [0.1, 0.15) is 11.5 Å². The van der Waals surface area contributed by atoms with Gasteiger partial charge in [0.15, 0.2) is 0 Å². The highest BCUT2D eigenvalue weighted by molar-refractivity contribution is 6.31. The molecule has 0 bridgehead atoms. The highest BCUT2D eigenvalue weighted by atomic mass is 35.5. The number of nitrogens with zero attached hydrogens (tertiary/aromatic N) is 1. The first-order chi connectivity index (χ1) is 13.0. The van der Waals surface area contributed by atoms with Crippen molar-refractivity contribution >= 4 is 34.8 Å². The molecule has 2 amide bonds. The van der Waals surface area contributed by atoms with E-state index >= 15 is 0 Å². The summed E-state index contributed by atoms with van der Waals surface area (Å²) in [6.07, 6.45) is 0.123. The SMILES string of the molecule is CCOc1ccccc1NC(=O)[C@@H]1CC(=O)N(c2cc(Cl)ccc2OC)C1. The number of benzene rings is 2. The summed E-state index contributed by atoms with van der Waals surface area (Å²) in [6, 6.07) is 12.3. The first-order valence-corrected chi connectivity index (χ1v) is 9.08. The van der Waals surface area contributed by atoms with Crippen LogP contribution in [-0.4, -0.2) is 32.1 Å². The minimum Gasteiger partial charge on any atom is -0.495 e. The lowest BCUT2D eigenvalue weighted by Crippen LogP contribution is -2.28. The van der Waals surface area contributed by atoms with Gasteiger partial charge in [0, 0.05) is 18.0 Å². The zero-order chi connectivity index (χ0) is 19.4. The Balaban J connectivity index is 1.76. The molecule has 1 atom stereocenters. The molecular formula is C20H21ClN2O4. The van der Waals surface area contributed by atoms with Gasteiger partial charge in [0.2, 0.25) is 11.8 Å². The van der Waals surface area contributed by atoms with Crippen LogP contribution in [0, 0.1) is 5.92 Å². The number of carbonyl (C=O) groups excluding carboxylic acids is 2. The summed E-state index contributed by atoms with van der Waals surface area (Å²) in [6.45, 7) is 2.64. The Bertz CT molecular complexity index is 856. The number of amides is 2. The molecule has 0 radical (unpaired) electrons. The summed E-state index contributed by atoms with van der Waals surface area (Å²) in [7, 11) is 1.53. The average Bonchev–Trinajstić information content (AvgIpc) is 3.05. The predicted molar refractivity (Wildman–Crippen MR) is 105 cm³/mol. The third-order valence-corrected chi connectivity index (χ3v) is 4.61. The highest BCUT2D eigenvalue weighted by Crippen LogP contribution is 2.35. The molecule has 27 heavy (non-hydrogen) atoms. The second-order valence-electron chi connectivity index (χ2n) is 6.14. The fourth-order valence-electron chi connectivity index (χ4n) is 3.08. The normalized spacial score (nSPS) is 16.3. The lowest BCUT2D eigenvalue weighted by molar-refractivity contribution is -0.122. The fourth-order valence-corrected chi connectivity index (χ4v) is 3.24. The Labute approximate surface area is 163 Å². The summed E-state index contributed by atoms with van der Waals surface area (Å²) < 4.78 is 10.9. The zero-order valence-corrected chi connectivity index (χ0v) is 16.0. The number of nitrogens with one attached hydrogen (secondary N) is 1. The van der Waals surface area contributed by atoms with E-state index in [2.05, 4.69) is 5.32 Å². The van der Waals surface area contributed by atoms with Crippen molar-refractivity contribution in [1.82, 2.24) is 0 Å². The van der Waals surface area contributed by atoms with Crippen LogP contribution in [0.25, 0.3) is 0 Å². The molecule has 2 aromatic carbocycles. The molecule has 0 saturated carbocycles. The van der Waals surface area contributed by atoms with Crippen molar-refractivity contribution in [2.75, 3.05) is 30.5 Å². The van der Waals surface area contributed by atoms with Crippen molar-refractivity contribution in [1.29, 1.82) is 0 Å². The van der Waals surface area contributed by atoms with Crippen LogP contribution in [0.2, 0.25) is 5.02 Å². The standard InChI is InChI=1S/C20H21ClN2O4/c1-3-27-17-7-5-4-6-15(17)22-20(25)13-10-19(24)23(12-13)16-11-14(21)8-9-18(16)26-2/h4-9,11,13H,3,10,12H2,1-2H3,(H,22,25)/t13-/m1/s1. The summed E-state index contributed by atoms with van der Waals surface area (Å²) in [5.74, 6) is 0.296. The molecule has 0 spiro atoms. The molecule has 2 aromatic rings. The Morgan fingerprint density at radius 2 is 2.04 bits per heavy atom. The molecule has 0 aliphatic carbocycles. The number of methoxy groups -OCH3 is 1. The van der Waals surface area contributed by atoms with Crippen molar-refractivity contribution in [3.63, 3.8) is 0 Å². The molecule has 1 aliphatic heterocycles. The van der Waals surface area contributed by atoms with Gasteiger partial charge in [-0.15, -0.1) is 0 Å². The quantitative estimate of drug-likeness (QED) is 0.818. The summed E-state index contributed by atoms with van der Waals surface area (Å²) in [4.78, 5) is 26.8. The van der Waals surface area contributed by atoms with Gasteiger partial charge in [-0.05, 0) is 37.3 Å². The molecule has 3 rings (SSSR count). The lowest BCUT2D eigenvalue weighted by atomic mass is 10.1. The van der Waals surface area contributed by atoms with Crippen LogP contribution in [0.3, 0.4) is 0 Å². The minimum atomic E-state index is -0.476. The van der Waals surface area contributed by atoms with E-state index in [0.29, 0.717) is 34.5 Å². The molecule has 1 N–H and O–H groups in total. The Morgan fingerprint density at radius 3 is 2.78 bits per heavy atom. The van der Waals surface area contributed by atoms with Crippen molar-refractivity contribution in [2.45, 2.75) is 13.3 Å². The average molecular weight is 389 g/mol. The van der Waals surface area contributed by atoms with Crippen LogP contribution in [0.4, 0.5) is 11.4 Å². The number of carbonyl (C=O) groups is 2. The van der Waals surface area contributed by atoms with Crippen molar-refractivity contribution in [3.05, 3.63) is 47.5 Å². The topological polar surface area (TPSA) is 67.9 Å². The van der Waals surface area contributed by atoms with E-state index in [1.165, 1.54) is 7.11 Å². The second-order valence-corrected chi connectivity index (χ2v) is 6.58. The maximum Gasteiger partial charge on any atom is 0.229 e. The zero-order valence-electron chi connectivity index (χ0n) is 15.2. The number of ether oxygens (including phenoxy) is 2. The molecule has 1 aliphatic rings. The number of hydrogen-bond donors (Lipinski definition) is 1. The fraction of sp³-hybridized carbons (Fsp3) is 0.300. The maximum atomic E-state index is 12.7. The van der Waals surface area contributed by atoms with Crippen molar-refractivity contribution in [2.24, 2.45) is 5.92 Å². The highest BCUT2D eigenvalue weighted by Gasteiger charge is 2.36. The number of halogens is 1. The van der Waals surface area contributed by atoms with Crippen molar-refractivity contribution < 1.29 is 19.1 Å². The van der Waals surface area contributed by atoms with E-state index in [9.17, 15) is 9.59 Å². The van der Waals surface area contributed by atoms with E-state index < -0.39 is 5.92 Å². The lowest BCUT2D eigenvalue weighted by Gasteiger charge is -2.20. The second kappa shape index (κ2) is 8.31. The third kappa shape index (κ3) is 4.17. The minimum absolute atomic E-state index is 0.123. The molecule has 7 heteroatoms. The van der Waals surface area contributed by atoms with Crippen LogP contribution >= 0.6 is 11.6 Å². The number of para-hydroxylation sites is 2. The van der Waals surface area contributed by atoms with E-state index in [1.807, 2.05) is 19.1 Å². The van der Waals surface area contributed by atoms with Crippen molar-refractivity contribution in [3.8, 4) is 11.5 Å². The van der Waals surface area contributed by atoms with Gasteiger partial charge >= 0.3 is 0 Å². The molecule has 142 valence electrons. The van der Waals surface area contributed by atoms with Crippen LogP contribution in [0.1, 0.15) is 13.3 Å². The number of anilines is 2. The Kier molecular flexibility index (Phi) is 5.86. The van der Waals surface area contributed by atoms with E-state index in [-0.39, 0.29) is 24.8 Å². The van der Waals surface area contributed by atoms with Gasteiger partial charge < -0.3 is 19.7 Å². The molecule has 1 fully saturated rings. The van der Waals surface area contributed by atoms with Gasteiger partial charge in [-0.2, -0.15) is 0 Å². The third-order valence-electron chi connectivity index (χ3n) is 4.37. The summed E-state index contributed by atoms with van der Waals surface area (Å²) >= 11 is 6.07. The van der Waals surface area contributed by atoms with Gasteiger partial charge in [0.25, 0.3) is 0 Å². The smallest absolute Gasteiger partial charge is 0.229 e. The van der Waals surface area contributed by atoms with E-state index in [0.717, 1.165) is 0 Å². The molecular weight excluding hydrogens is 368 g/mol. The predicted octanol–water partition coefficient (Wildman–Crippen LogP) is 3.74. The van der Waals surface area contributed by atoms with Crippen LogP contribution in [0.15, 0.2) is 42.5 Å². The van der Waals surface area contributed by atoms with Crippen LogP contribution in [-0.2, 0) is 9.59 Å². The Morgan fingerprint density at radius 1 is 1.26 bits per heavy atom. The van der Waals surface area contributed by atoms with Gasteiger partial charge in [-0.3, -0.25) is 9.59 Å². The number of hydrogen-bond acceptors (Lipinski definition) is 4. The largest absolute Gasteiger partial charge is 0.495 e. The summed E-state index contributed by atoms with van der Waals surface area (Å²) in [5, 5.41) is 3.37. The van der Waals surface area contributed by atoms with E-state index in [1.54, 1.807) is 35.2 Å². The molecule has 1 heterocycles. The monoisotopic (exact) mass is 388 g/mol. The number of rotatable bonds is 6. The first kappa shape index (κ1) is 19.0. The first-order valence-electron chi connectivity index (χ1n) is 8.70. The van der Waals surface area contributed by atoms with Gasteiger partial charge in [-0.25, -0.2) is 0 Å². The van der Waals surface area contributed by atoms with Gasteiger partial charge in [0.05, 0.1) is 31.0 Å². The summed E-state index contributed by atoms with van der Waals surface area (Å²) in [5.41, 5.74) is 1.16. The van der Waals surface area contributed by atoms with Crippen LogP contribution < -0.4 is 19.7 Å². The Hall–Kier alpha value is -2.73. The maximum absolute atomic E-state index is 12.7.